The van der Waals surface area contributed by atoms with E-state index >= 15 is 0 Å². The van der Waals surface area contributed by atoms with E-state index in [2.05, 4.69) is 0 Å². The van der Waals surface area contributed by atoms with Gasteiger partial charge in [-0.3, -0.25) is 4.79 Å². The summed E-state index contributed by atoms with van der Waals surface area (Å²) in [6.45, 7) is 5.97. The molecule has 0 saturated heterocycles. The Bertz CT molecular complexity index is 456. The molecule has 3 heteroatoms. The van der Waals surface area contributed by atoms with Crippen LogP contribution >= 0.6 is 11.6 Å². The Hall–Kier alpha value is -1.02. The quantitative estimate of drug-likeness (QED) is 0.818. The number of aryl methyl sites for hydroxylation is 1. The van der Waals surface area contributed by atoms with E-state index in [9.17, 15) is 4.79 Å². The number of rotatable bonds is 3. The van der Waals surface area contributed by atoms with Crippen molar-refractivity contribution < 1.29 is 9.53 Å². The van der Waals surface area contributed by atoms with Crippen molar-refractivity contribution in [3.8, 4) is 5.75 Å². The molecule has 1 fully saturated rings. The highest BCUT2D eigenvalue weighted by Crippen LogP contribution is 2.43. The monoisotopic (exact) mass is 252 g/mol. The lowest BCUT2D eigenvalue weighted by atomic mass is 9.64. The summed E-state index contributed by atoms with van der Waals surface area (Å²) in [6.07, 6.45) is 1.34. The third-order valence-electron chi connectivity index (χ3n) is 3.86. The topological polar surface area (TPSA) is 26.3 Å². The minimum Gasteiger partial charge on any atom is -0.489 e. The third kappa shape index (κ3) is 2.06. The first-order valence-corrected chi connectivity index (χ1v) is 6.31. The number of carbonyl (C=O) groups excluding carboxylic acids is 1. The molecule has 0 heterocycles. The van der Waals surface area contributed by atoms with Gasteiger partial charge >= 0.3 is 0 Å². The standard InChI is InChI=1S/C14H17ClO2/c1-4-14(3)12(16)8-13(14)17-11-6-5-10(15)7-9(11)2/h5-7,13H,4,8H2,1-3H3. The number of halogens is 1. The smallest absolute Gasteiger partial charge is 0.146 e. The van der Waals surface area contributed by atoms with E-state index in [1.807, 2.05) is 39.0 Å². The molecule has 0 spiro atoms. The van der Waals surface area contributed by atoms with E-state index in [1.54, 1.807) is 0 Å². The molecule has 92 valence electrons. The van der Waals surface area contributed by atoms with E-state index < -0.39 is 0 Å². The van der Waals surface area contributed by atoms with Crippen molar-refractivity contribution in [2.24, 2.45) is 5.41 Å². The SMILES string of the molecule is CCC1(C)C(=O)CC1Oc1ccc(Cl)cc1C. The van der Waals surface area contributed by atoms with Crippen molar-refractivity contribution in [2.75, 3.05) is 0 Å². The molecule has 0 radical (unpaired) electrons. The van der Waals surface area contributed by atoms with Crippen molar-refractivity contribution in [1.82, 2.24) is 0 Å². The maximum atomic E-state index is 11.6. The highest BCUT2D eigenvalue weighted by molar-refractivity contribution is 6.30. The summed E-state index contributed by atoms with van der Waals surface area (Å²) in [5, 5.41) is 0.706. The summed E-state index contributed by atoms with van der Waals surface area (Å²) >= 11 is 5.90. The zero-order valence-corrected chi connectivity index (χ0v) is 11.2. The van der Waals surface area contributed by atoms with Gasteiger partial charge in [-0.05, 0) is 44.0 Å². The Kier molecular flexibility index (Phi) is 3.17. The average Bonchev–Trinajstić information content (AvgIpc) is 2.30. The lowest BCUT2D eigenvalue weighted by molar-refractivity contribution is -0.150. The van der Waals surface area contributed by atoms with Gasteiger partial charge in [0.15, 0.2) is 0 Å². The normalized spacial score (nSPS) is 27.8. The zero-order chi connectivity index (χ0) is 12.6. The van der Waals surface area contributed by atoms with Crippen LogP contribution in [0.3, 0.4) is 0 Å². The first kappa shape index (κ1) is 12.4. The van der Waals surface area contributed by atoms with E-state index in [0.717, 1.165) is 17.7 Å². The van der Waals surface area contributed by atoms with Crippen LogP contribution in [0.15, 0.2) is 18.2 Å². The molecule has 2 unspecified atom stereocenters. The lowest BCUT2D eigenvalue weighted by Crippen LogP contribution is -2.54. The molecule has 2 atom stereocenters. The number of hydrogen-bond acceptors (Lipinski definition) is 2. The Morgan fingerprint density at radius 3 is 2.76 bits per heavy atom. The van der Waals surface area contributed by atoms with Gasteiger partial charge in [0.25, 0.3) is 0 Å². The summed E-state index contributed by atoms with van der Waals surface area (Å²) in [7, 11) is 0. The average molecular weight is 253 g/mol. The van der Waals surface area contributed by atoms with Crippen LogP contribution in [-0.4, -0.2) is 11.9 Å². The van der Waals surface area contributed by atoms with Crippen molar-refractivity contribution in [3.63, 3.8) is 0 Å². The Morgan fingerprint density at radius 1 is 1.53 bits per heavy atom. The number of carbonyl (C=O) groups is 1. The van der Waals surface area contributed by atoms with Crippen LogP contribution in [0.2, 0.25) is 5.02 Å². The van der Waals surface area contributed by atoms with Gasteiger partial charge in [-0.2, -0.15) is 0 Å². The van der Waals surface area contributed by atoms with Gasteiger partial charge in [0, 0.05) is 11.4 Å². The molecule has 0 aromatic heterocycles. The van der Waals surface area contributed by atoms with Gasteiger partial charge in [0.2, 0.25) is 0 Å². The number of benzene rings is 1. The third-order valence-corrected chi connectivity index (χ3v) is 4.09. The second kappa shape index (κ2) is 4.34. The summed E-state index contributed by atoms with van der Waals surface area (Å²) in [5.74, 6) is 1.13. The van der Waals surface area contributed by atoms with Crippen LogP contribution in [-0.2, 0) is 4.79 Å². The molecule has 0 aliphatic heterocycles. The molecule has 17 heavy (non-hydrogen) atoms. The van der Waals surface area contributed by atoms with Gasteiger partial charge in [-0.15, -0.1) is 0 Å². The van der Waals surface area contributed by atoms with Crippen LogP contribution in [0.5, 0.6) is 5.75 Å². The highest BCUT2D eigenvalue weighted by Gasteiger charge is 2.51. The van der Waals surface area contributed by atoms with E-state index in [1.165, 1.54) is 0 Å². The molecule has 2 nitrogen and oxygen atoms in total. The molecular weight excluding hydrogens is 236 g/mol. The van der Waals surface area contributed by atoms with Crippen LogP contribution in [0.4, 0.5) is 0 Å². The first-order chi connectivity index (χ1) is 7.97. The van der Waals surface area contributed by atoms with Crippen molar-refractivity contribution >= 4 is 17.4 Å². The Balaban J connectivity index is 2.15. The summed E-state index contributed by atoms with van der Waals surface area (Å²) in [6, 6.07) is 5.56. The minimum absolute atomic E-state index is 0.000115. The molecule has 0 N–H and O–H groups in total. The van der Waals surface area contributed by atoms with E-state index in [-0.39, 0.29) is 11.5 Å². The fourth-order valence-electron chi connectivity index (χ4n) is 2.17. The molecule has 1 aliphatic carbocycles. The second-order valence-electron chi connectivity index (χ2n) is 4.91. The Labute approximate surface area is 107 Å². The molecule has 1 aliphatic rings. The van der Waals surface area contributed by atoms with Gasteiger partial charge in [0.05, 0.1) is 5.41 Å². The molecule has 1 aromatic rings. The van der Waals surface area contributed by atoms with Crippen LogP contribution in [0.1, 0.15) is 32.3 Å². The summed E-state index contributed by atoms with van der Waals surface area (Å²) in [5.41, 5.74) is 0.696. The lowest BCUT2D eigenvalue weighted by Gasteiger charge is -2.44. The van der Waals surface area contributed by atoms with Gasteiger partial charge in [0.1, 0.15) is 17.6 Å². The van der Waals surface area contributed by atoms with E-state index in [0.29, 0.717) is 17.2 Å². The van der Waals surface area contributed by atoms with E-state index in [4.69, 9.17) is 16.3 Å². The number of Topliss-reactive ketones (excluding diaryl/α,β-unsaturated/α-hetero) is 1. The van der Waals surface area contributed by atoms with Crippen molar-refractivity contribution in [1.29, 1.82) is 0 Å². The highest BCUT2D eigenvalue weighted by atomic mass is 35.5. The summed E-state index contributed by atoms with van der Waals surface area (Å²) < 4.78 is 5.93. The van der Waals surface area contributed by atoms with Crippen LogP contribution in [0, 0.1) is 12.3 Å². The first-order valence-electron chi connectivity index (χ1n) is 5.93. The number of ether oxygens (including phenoxy) is 1. The largest absolute Gasteiger partial charge is 0.489 e. The number of ketones is 1. The second-order valence-corrected chi connectivity index (χ2v) is 5.35. The molecule has 2 rings (SSSR count). The van der Waals surface area contributed by atoms with Crippen LogP contribution < -0.4 is 4.74 Å². The van der Waals surface area contributed by atoms with Gasteiger partial charge < -0.3 is 4.74 Å². The molecule has 1 saturated carbocycles. The van der Waals surface area contributed by atoms with Crippen molar-refractivity contribution in [3.05, 3.63) is 28.8 Å². The maximum Gasteiger partial charge on any atom is 0.146 e. The van der Waals surface area contributed by atoms with Gasteiger partial charge in [-0.25, -0.2) is 0 Å². The zero-order valence-electron chi connectivity index (χ0n) is 10.4. The predicted octanol–water partition coefficient (Wildman–Crippen LogP) is 3.78. The fraction of sp³-hybridized carbons (Fsp3) is 0.500. The summed E-state index contributed by atoms with van der Waals surface area (Å²) in [4.78, 5) is 11.6. The van der Waals surface area contributed by atoms with Gasteiger partial charge in [-0.1, -0.05) is 18.5 Å². The molecular formula is C14H17ClO2. The maximum absolute atomic E-state index is 11.6. The Morgan fingerprint density at radius 2 is 2.24 bits per heavy atom. The fourth-order valence-corrected chi connectivity index (χ4v) is 2.40. The minimum atomic E-state index is -0.313. The number of hydrogen-bond donors (Lipinski definition) is 0. The van der Waals surface area contributed by atoms with Crippen LogP contribution in [0.25, 0.3) is 0 Å². The predicted molar refractivity (Wildman–Crippen MR) is 68.6 cm³/mol. The molecule has 0 bridgehead atoms. The molecule has 0 amide bonds. The molecule has 1 aromatic carbocycles. The van der Waals surface area contributed by atoms with Crippen molar-refractivity contribution in [2.45, 2.75) is 39.7 Å².